The van der Waals surface area contributed by atoms with E-state index in [1.807, 2.05) is 43.3 Å². The monoisotopic (exact) mass is 351 g/mol. The second kappa shape index (κ2) is 7.12. The first-order chi connectivity index (χ1) is 12.7. The molecule has 4 nitrogen and oxygen atoms in total. The lowest BCUT2D eigenvalue weighted by Gasteiger charge is -2.30. The Labute approximate surface area is 154 Å². The quantitative estimate of drug-likeness (QED) is 0.748. The molecule has 0 aromatic heterocycles. The fourth-order valence-corrected chi connectivity index (χ4v) is 4.00. The third kappa shape index (κ3) is 2.88. The molecule has 1 heterocycles. The highest BCUT2D eigenvalue weighted by Gasteiger charge is 2.33. The number of hydrogen-bond donors (Lipinski definition) is 1. The van der Waals surface area contributed by atoms with Crippen molar-refractivity contribution in [3.05, 3.63) is 47.5 Å². The smallest absolute Gasteiger partial charge is 0.198 e. The second-order valence-corrected chi connectivity index (χ2v) is 7.00. The summed E-state index contributed by atoms with van der Waals surface area (Å²) < 4.78 is 12.2. The van der Waals surface area contributed by atoms with E-state index in [9.17, 15) is 4.79 Å². The number of nitrogens with one attached hydrogen (secondary N) is 1. The first kappa shape index (κ1) is 17.1. The fourth-order valence-electron chi connectivity index (χ4n) is 4.00. The average molecular weight is 351 g/mol. The molecule has 1 aliphatic carbocycles. The zero-order chi connectivity index (χ0) is 18.1. The lowest BCUT2D eigenvalue weighted by Crippen LogP contribution is -2.44. The maximum absolute atomic E-state index is 13.1. The third-order valence-electron chi connectivity index (χ3n) is 5.33. The van der Waals surface area contributed by atoms with Crippen LogP contribution < -0.4 is 14.8 Å². The summed E-state index contributed by atoms with van der Waals surface area (Å²) in [4.78, 5) is 13.1. The molecule has 0 spiro atoms. The highest BCUT2D eigenvalue weighted by Crippen LogP contribution is 2.46. The van der Waals surface area contributed by atoms with Gasteiger partial charge in [-0.2, -0.15) is 0 Å². The minimum absolute atomic E-state index is 0.0240. The summed E-state index contributed by atoms with van der Waals surface area (Å²) in [5, 5.41) is 3.54. The Morgan fingerprint density at radius 3 is 2.65 bits per heavy atom. The molecule has 26 heavy (non-hydrogen) atoms. The minimum Gasteiger partial charge on any atom is -0.490 e. The molecule has 4 heteroatoms. The van der Waals surface area contributed by atoms with Crippen LogP contribution >= 0.6 is 0 Å². The maximum atomic E-state index is 13.1. The molecular weight excluding hydrogens is 326 g/mol. The van der Waals surface area contributed by atoms with E-state index in [1.54, 1.807) is 0 Å². The SMILES string of the molecule is CCOc1ccc2c(c1OC(C)C1CCCCN1)C(=O)c1ccccc1-2. The van der Waals surface area contributed by atoms with Crippen LogP contribution in [0.15, 0.2) is 36.4 Å². The zero-order valence-electron chi connectivity index (χ0n) is 15.4. The second-order valence-electron chi connectivity index (χ2n) is 7.00. The predicted molar refractivity (Wildman–Crippen MR) is 102 cm³/mol. The van der Waals surface area contributed by atoms with Crippen molar-refractivity contribution in [1.82, 2.24) is 5.32 Å². The van der Waals surface area contributed by atoms with Crippen LogP contribution in [0.4, 0.5) is 0 Å². The number of carbonyl (C=O) groups is 1. The first-order valence-corrected chi connectivity index (χ1v) is 9.54. The van der Waals surface area contributed by atoms with Crippen LogP contribution in [0.2, 0.25) is 0 Å². The van der Waals surface area contributed by atoms with E-state index >= 15 is 0 Å². The van der Waals surface area contributed by atoms with Gasteiger partial charge in [-0.1, -0.05) is 30.7 Å². The van der Waals surface area contributed by atoms with Gasteiger partial charge in [-0.25, -0.2) is 0 Å². The van der Waals surface area contributed by atoms with E-state index in [0.717, 1.165) is 29.7 Å². The summed E-state index contributed by atoms with van der Waals surface area (Å²) in [7, 11) is 0. The molecule has 1 fully saturated rings. The molecule has 2 aromatic carbocycles. The summed E-state index contributed by atoms with van der Waals surface area (Å²) in [6.07, 6.45) is 3.48. The minimum atomic E-state index is -0.0301. The molecule has 0 radical (unpaired) electrons. The molecule has 136 valence electrons. The Kier molecular flexibility index (Phi) is 4.68. The van der Waals surface area contributed by atoms with Crippen LogP contribution in [0.25, 0.3) is 11.1 Å². The lowest BCUT2D eigenvalue weighted by molar-refractivity contribution is 0.102. The number of piperidine rings is 1. The van der Waals surface area contributed by atoms with Gasteiger partial charge in [0.25, 0.3) is 0 Å². The Hall–Kier alpha value is -2.33. The Morgan fingerprint density at radius 1 is 1.12 bits per heavy atom. The molecular formula is C22H25NO3. The van der Waals surface area contributed by atoms with Gasteiger partial charge < -0.3 is 14.8 Å². The molecule has 1 aliphatic heterocycles. The molecule has 2 aromatic rings. The van der Waals surface area contributed by atoms with Crippen LogP contribution in [-0.4, -0.2) is 31.1 Å². The lowest BCUT2D eigenvalue weighted by atomic mass is 10.0. The van der Waals surface area contributed by atoms with Crippen LogP contribution in [-0.2, 0) is 0 Å². The highest BCUT2D eigenvalue weighted by atomic mass is 16.5. The number of carbonyl (C=O) groups excluding carboxylic acids is 1. The largest absolute Gasteiger partial charge is 0.490 e. The van der Waals surface area contributed by atoms with Crippen molar-refractivity contribution in [3.63, 3.8) is 0 Å². The maximum Gasteiger partial charge on any atom is 0.198 e. The predicted octanol–water partition coefficient (Wildman–Crippen LogP) is 4.21. The normalized spacial score (nSPS) is 19.6. The standard InChI is InChI=1S/C22H25NO3/c1-3-25-19-12-11-16-15-8-4-5-9-17(15)21(24)20(16)22(19)26-14(2)18-10-6-7-13-23-18/h4-5,8-9,11-12,14,18,23H,3,6-7,10,13H2,1-2H3. The van der Waals surface area contributed by atoms with Gasteiger partial charge in [-0.05, 0) is 56.5 Å². The van der Waals surface area contributed by atoms with E-state index in [1.165, 1.54) is 12.8 Å². The van der Waals surface area contributed by atoms with Crippen molar-refractivity contribution in [3.8, 4) is 22.6 Å². The van der Waals surface area contributed by atoms with Crippen LogP contribution in [0.3, 0.4) is 0 Å². The number of ether oxygens (including phenoxy) is 2. The van der Waals surface area contributed by atoms with Crippen molar-refractivity contribution in [2.45, 2.75) is 45.3 Å². The summed E-state index contributed by atoms with van der Waals surface area (Å²) in [5.74, 6) is 1.26. The summed E-state index contributed by atoms with van der Waals surface area (Å²) >= 11 is 0. The molecule has 1 N–H and O–H groups in total. The summed E-state index contributed by atoms with van der Waals surface area (Å²) in [6.45, 7) is 5.57. The Balaban J connectivity index is 1.74. The van der Waals surface area contributed by atoms with Crippen LogP contribution in [0.1, 0.15) is 49.0 Å². The molecule has 2 atom stereocenters. The fraction of sp³-hybridized carbons (Fsp3) is 0.409. The Morgan fingerprint density at radius 2 is 1.92 bits per heavy atom. The number of hydrogen-bond acceptors (Lipinski definition) is 4. The molecule has 1 saturated heterocycles. The van der Waals surface area contributed by atoms with Gasteiger partial charge in [0.2, 0.25) is 0 Å². The number of fused-ring (bicyclic) bond motifs is 3. The first-order valence-electron chi connectivity index (χ1n) is 9.54. The van der Waals surface area contributed by atoms with Crippen molar-refractivity contribution in [2.75, 3.05) is 13.2 Å². The van der Waals surface area contributed by atoms with Crippen LogP contribution in [0.5, 0.6) is 11.5 Å². The van der Waals surface area contributed by atoms with E-state index in [-0.39, 0.29) is 11.9 Å². The van der Waals surface area contributed by atoms with Crippen molar-refractivity contribution in [1.29, 1.82) is 0 Å². The summed E-state index contributed by atoms with van der Waals surface area (Å²) in [6, 6.07) is 11.9. The van der Waals surface area contributed by atoms with Crippen molar-refractivity contribution in [2.24, 2.45) is 0 Å². The zero-order valence-corrected chi connectivity index (χ0v) is 15.4. The Bertz CT molecular complexity index is 824. The molecule has 0 bridgehead atoms. The van der Waals surface area contributed by atoms with Gasteiger partial charge in [0.05, 0.1) is 12.2 Å². The number of benzene rings is 2. The van der Waals surface area contributed by atoms with Crippen molar-refractivity contribution >= 4 is 5.78 Å². The number of rotatable bonds is 5. The molecule has 2 aliphatic rings. The highest BCUT2D eigenvalue weighted by molar-refractivity contribution is 6.23. The van der Waals surface area contributed by atoms with Gasteiger partial charge in [0.1, 0.15) is 6.10 Å². The van der Waals surface area contributed by atoms with Crippen molar-refractivity contribution < 1.29 is 14.3 Å². The molecule has 2 unspecified atom stereocenters. The van der Waals surface area contributed by atoms with Gasteiger partial charge in [-0.15, -0.1) is 0 Å². The van der Waals surface area contributed by atoms with Gasteiger partial charge in [0, 0.05) is 11.6 Å². The molecule has 4 rings (SSSR count). The van der Waals surface area contributed by atoms with E-state index in [2.05, 4.69) is 12.2 Å². The summed E-state index contributed by atoms with van der Waals surface area (Å²) in [5.41, 5.74) is 3.29. The van der Waals surface area contributed by atoms with E-state index in [4.69, 9.17) is 9.47 Å². The third-order valence-corrected chi connectivity index (χ3v) is 5.33. The van der Waals surface area contributed by atoms with Crippen LogP contribution in [0, 0.1) is 0 Å². The number of ketones is 1. The van der Waals surface area contributed by atoms with Gasteiger partial charge in [0.15, 0.2) is 17.3 Å². The topological polar surface area (TPSA) is 47.6 Å². The van der Waals surface area contributed by atoms with E-state index < -0.39 is 0 Å². The van der Waals surface area contributed by atoms with Gasteiger partial charge in [-0.3, -0.25) is 4.79 Å². The molecule has 0 saturated carbocycles. The van der Waals surface area contributed by atoms with Gasteiger partial charge >= 0.3 is 0 Å². The average Bonchev–Trinajstić information content (AvgIpc) is 2.97. The molecule has 0 amide bonds. The van der Waals surface area contributed by atoms with E-state index in [0.29, 0.717) is 29.7 Å².